The predicted octanol–water partition coefficient (Wildman–Crippen LogP) is 3.28. The quantitative estimate of drug-likeness (QED) is 0.742. The summed E-state index contributed by atoms with van der Waals surface area (Å²) in [7, 11) is 2.86. The second-order valence-electron chi connectivity index (χ2n) is 5.14. The summed E-state index contributed by atoms with van der Waals surface area (Å²) in [6.45, 7) is 0. The number of fused-ring (bicyclic) bond motifs is 1. The molecule has 0 aliphatic heterocycles. The molecule has 5 nitrogen and oxygen atoms in total. The number of esters is 1. The van der Waals surface area contributed by atoms with Gasteiger partial charge in [-0.05, 0) is 29.1 Å². The van der Waals surface area contributed by atoms with Crippen LogP contribution in [0, 0.1) is 0 Å². The molecule has 2 aromatic carbocycles. The van der Waals surface area contributed by atoms with Crippen molar-refractivity contribution in [2.45, 2.75) is 0 Å². The summed E-state index contributed by atoms with van der Waals surface area (Å²) >= 11 is 6.13. The number of carbonyl (C=O) groups is 1. The van der Waals surface area contributed by atoms with Gasteiger partial charge in [-0.1, -0.05) is 41.9 Å². The van der Waals surface area contributed by atoms with Crippen LogP contribution in [0.1, 0.15) is 10.5 Å². The van der Waals surface area contributed by atoms with E-state index in [-0.39, 0.29) is 11.3 Å². The Balaban J connectivity index is 2.58. The number of carbonyl (C=O) groups excluding carboxylic acids is 1. The second kappa shape index (κ2) is 6.37. The number of pyridine rings is 1. The van der Waals surface area contributed by atoms with Crippen LogP contribution in [-0.2, 0) is 4.74 Å². The first-order valence-electron chi connectivity index (χ1n) is 7.28. The van der Waals surface area contributed by atoms with E-state index < -0.39 is 5.97 Å². The van der Waals surface area contributed by atoms with Gasteiger partial charge in [0.15, 0.2) is 5.69 Å². The molecule has 0 bridgehead atoms. The molecule has 0 saturated heterocycles. The molecule has 1 heterocycles. The van der Waals surface area contributed by atoms with Crippen LogP contribution >= 0.6 is 11.6 Å². The summed E-state index contributed by atoms with van der Waals surface area (Å²) in [5.74, 6) is -0.609. The van der Waals surface area contributed by atoms with Gasteiger partial charge < -0.3 is 10.2 Å². The summed E-state index contributed by atoms with van der Waals surface area (Å²) in [6, 6.07) is 14.3. The van der Waals surface area contributed by atoms with Crippen LogP contribution < -0.4 is 11.0 Å². The lowest BCUT2D eigenvalue weighted by Crippen LogP contribution is -2.33. The molecule has 1 N–H and O–H groups in total. The van der Waals surface area contributed by atoms with E-state index in [1.165, 1.54) is 11.8 Å². The molecule has 0 spiro atoms. The van der Waals surface area contributed by atoms with Gasteiger partial charge >= 0.3 is 5.97 Å². The first-order chi connectivity index (χ1) is 11.6. The van der Waals surface area contributed by atoms with Crippen molar-refractivity contribution in [2.75, 3.05) is 19.6 Å². The number of ether oxygens (including phenoxy) is 1. The number of aromatic nitrogens is 1. The van der Waals surface area contributed by atoms with Crippen LogP contribution in [0.5, 0.6) is 0 Å². The molecule has 0 saturated carbocycles. The van der Waals surface area contributed by atoms with E-state index in [0.717, 1.165) is 5.56 Å². The van der Waals surface area contributed by atoms with Gasteiger partial charge in [0, 0.05) is 23.0 Å². The summed E-state index contributed by atoms with van der Waals surface area (Å²) < 4.78 is 6.10. The molecular weight excluding hydrogens is 328 g/mol. The number of hydrogen-bond acceptors (Lipinski definition) is 4. The lowest BCUT2D eigenvalue weighted by atomic mass is 9.97. The van der Waals surface area contributed by atoms with Crippen molar-refractivity contribution in [1.29, 1.82) is 0 Å². The smallest absolute Gasteiger partial charge is 0.357 e. The van der Waals surface area contributed by atoms with E-state index in [1.807, 2.05) is 30.3 Å². The normalized spacial score (nSPS) is 10.6. The Kier molecular flexibility index (Phi) is 4.27. The summed E-state index contributed by atoms with van der Waals surface area (Å²) in [4.78, 5) is 25.2. The molecule has 0 unspecified atom stereocenters. The molecule has 122 valence electrons. The number of halogens is 1. The zero-order valence-corrected chi connectivity index (χ0v) is 13.9. The van der Waals surface area contributed by atoms with Crippen LogP contribution in [0.3, 0.4) is 0 Å². The third-order valence-electron chi connectivity index (χ3n) is 3.81. The molecule has 6 heteroatoms. The number of benzene rings is 2. The number of methoxy groups -OCH3 is 1. The van der Waals surface area contributed by atoms with Gasteiger partial charge in [-0.3, -0.25) is 4.79 Å². The zero-order chi connectivity index (χ0) is 17.3. The van der Waals surface area contributed by atoms with E-state index in [9.17, 15) is 9.59 Å². The number of rotatable bonds is 3. The van der Waals surface area contributed by atoms with Crippen LogP contribution in [0.2, 0.25) is 5.02 Å². The Labute approximate surface area is 143 Å². The van der Waals surface area contributed by atoms with Crippen molar-refractivity contribution in [3.05, 3.63) is 69.6 Å². The van der Waals surface area contributed by atoms with Gasteiger partial charge in [0.2, 0.25) is 0 Å². The molecule has 3 aromatic rings. The Morgan fingerprint density at radius 2 is 1.83 bits per heavy atom. The molecule has 0 radical (unpaired) electrons. The van der Waals surface area contributed by atoms with Crippen LogP contribution in [0.4, 0.5) is 0 Å². The largest absolute Gasteiger partial charge is 0.464 e. The van der Waals surface area contributed by atoms with Crippen molar-refractivity contribution >= 4 is 28.3 Å². The molecule has 0 aliphatic carbocycles. The van der Waals surface area contributed by atoms with Crippen molar-refractivity contribution in [2.24, 2.45) is 0 Å². The summed E-state index contributed by atoms with van der Waals surface area (Å²) in [6.07, 6.45) is 0. The Morgan fingerprint density at radius 3 is 2.46 bits per heavy atom. The van der Waals surface area contributed by atoms with E-state index in [2.05, 4.69) is 5.43 Å². The van der Waals surface area contributed by atoms with Crippen molar-refractivity contribution in [3.63, 3.8) is 0 Å². The highest BCUT2D eigenvalue weighted by Gasteiger charge is 2.23. The minimum absolute atomic E-state index is 0.131. The number of nitrogens with zero attached hydrogens (tertiary/aromatic N) is 1. The standard InChI is InChI=1S/C18H15ClN2O3/c1-20-21-16(18(23)24-2)15(11-6-4-3-5-7-11)14-10-12(19)8-9-13(14)17(21)22/h3-10,20H,1-2H3. The Hall–Kier alpha value is -2.79. The summed E-state index contributed by atoms with van der Waals surface area (Å²) in [5.41, 5.74) is 3.93. The van der Waals surface area contributed by atoms with Crippen molar-refractivity contribution in [3.8, 4) is 11.1 Å². The van der Waals surface area contributed by atoms with E-state index >= 15 is 0 Å². The highest BCUT2D eigenvalue weighted by atomic mass is 35.5. The zero-order valence-electron chi connectivity index (χ0n) is 13.2. The molecule has 0 fully saturated rings. The molecule has 0 aliphatic rings. The van der Waals surface area contributed by atoms with Crippen LogP contribution in [0.15, 0.2) is 53.3 Å². The van der Waals surface area contributed by atoms with Gasteiger partial charge in [0.05, 0.1) is 7.11 Å². The second-order valence-corrected chi connectivity index (χ2v) is 5.57. The number of hydrogen-bond donors (Lipinski definition) is 1. The minimum atomic E-state index is -0.609. The highest BCUT2D eigenvalue weighted by molar-refractivity contribution is 6.31. The molecule has 24 heavy (non-hydrogen) atoms. The minimum Gasteiger partial charge on any atom is -0.464 e. The fourth-order valence-electron chi connectivity index (χ4n) is 2.77. The van der Waals surface area contributed by atoms with E-state index in [1.54, 1.807) is 25.2 Å². The monoisotopic (exact) mass is 342 g/mol. The van der Waals surface area contributed by atoms with Crippen LogP contribution in [-0.4, -0.2) is 24.8 Å². The topological polar surface area (TPSA) is 60.3 Å². The molecule has 3 rings (SSSR count). The van der Waals surface area contributed by atoms with Gasteiger partial charge in [0.25, 0.3) is 5.56 Å². The molecule has 0 atom stereocenters. The average Bonchev–Trinajstić information content (AvgIpc) is 2.61. The predicted molar refractivity (Wildman–Crippen MR) is 95.3 cm³/mol. The maximum Gasteiger partial charge on any atom is 0.357 e. The first kappa shape index (κ1) is 16.1. The van der Waals surface area contributed by atoms with Gasteiger partial charge in [-0.2, -0.15) is 0 Å². The molecule has 1 aromatic heterocycles. The first-order valence-corrected chi connectivity index (χ1v) is 7.66. The van der Waals surface area contributed by atoms with Gasteiger partial charge in [-0.25, -0.2) is 9.47 Å². The van der Waals surface area contributed by atoms with Crippen LogP contribution in [0.25, 0.3) is 21.9 Å². The maximum atomic E-state index is 12.7. The highest BCUT2D eigenvalue weighted by Crippen LogP contribution is 2.32. The van der Waals surface area contributed by atoms with E-state index in [0.29, 0.717) is 21.4 Å². The Morgan fingerprint density at radius 1 is 1.12 bits per heavy atom. The maximum absolute atomic E-state index is 12.7. The fraction of sp³-hybridized carbons (Fsp3) is 0.111. The number of nitrogens with one attached hydrogen (secondary N) is 1. The van der Waals surface area contributed by atoms with Crippen molar-refractivity contribution in [1.82, 2.24) is 4.68 Å². The molecular formula is C18H15ClN2O3. The van der Waals surface area contributed by atoms with E-state index in [4.69, 9.17) is 16.3 Å². The fourth-order valence-corrected chi connectivity index (χ4v) is 2.94. The van der Waals surface area contributed by atoms with Gasteiger partial charge in [0.1, 0.15) is 0 Å². The average molecular weight is 343 g/mol. The lowest BCUT2D eigenvalue weighted by molar-refractivity contribution is 0.0590. The van der Waals surface area contributed by atoms with Crippen molar-refractivity contribution < 1.29 is 9.53 Å². The third-order valence-corrected chi connectivity index (χ3v) is 4.04. The third kappa shape index (κ3) is 2.53. The summed E-state index contributed by atoms with van der Waals surface area (Å²) in [5, 5.41) is 1.54. The lowest BCUT2D eigenvalue weighted by Gasteiger charge is -2.18. The SMILES string of the molecule is CNn1c(C(=O)OC)c(-c2ccccc2)c2cc(Cl)ccc2c1=O. The van der Waals surface area contributed by atoms with Gasteiger partial charge in [-0.15, -0.1) is 0 Å². The molecule has 0 amide bonds. The Bertz CT molecular complexity index is 981.